The van der Waals surface area contributed by atoms with Crippen LogP contribution in [0, 0.1) is 0 Å². The molecule has 0 saturated heterocycles. The van der Waals surface area contributed by atoms with Gasteiger partial charge >= 0.3 is 0 Å². The molecule has 4 nitrogen and oxygen atoms in total. The molecule has 0 amide bonds. The second-order valence-electron chi connectivity index (χ2n) is 3.32. The molecule has 1 aliphatic rings. The van der Waals surface area contributed by atoms with E-state index in [4.69, 9.17) is 11.0 Å². The molecule has 0 spiro atoms. The van der Waals surface area contributed by atoms with E-state index in [1.807, 2.05) is 6.92 Å². The highest BCUT2D eigenvalue weighted by Crippen LogP contribution is 2.15. The molecular formula is C10H22N2O2. The fraction of sp³-hybridized carbons (Fsp3) is 0.800. The van der Waals surface area contributed by atoms with Crippen molar-refractivity contribution in [3.8, 4) is 0 Å². The van der Waals surface area contributed by atoms with E-state index in [0.29, 0.717) is 12.1 Å². The van der Waals surface area contributed by atoms with E-state index >= 15 is 0 Å². The number of rotatable bonds is 3. The van der Waals surface area contributed by atoms with E-state index in [-0.39, 0.29) is 5.88 Å². The molecule has 1 saturated carbocycles. The summed E-state index contributed by atoms with van der Waals surface area (Å²) in [5, 5.41) is 10.7. The van der Waals surface area contributed by atoms with Crippen LogP contribution < -0.4 is 11.1 Å². The zero-order chi connectivity index (χ0) is 10.8. The minimum absolute atomic E-state index is 0.220. The maximum atomic E-state index is 8.13. The molecule has 84 valence electrons. The first-order chi connectivity index (χ1) is 6.76. The van der Waals surface area contributed by atoms with E-state index in [1.54, 1.807) is 7.05 Å². The third-order valence-electron chi connectivity index (χ3n) is 2.24. The first-order valence-electron chi connectivity index (χ1n) is 5.24. The monoisotopic (exact) mass is 202 g/mol. The van der Waals surface area contributed by atoms with Gasteiger partial charge < -0.3 is 15.9 Å². The zero-order valence-electron chi connectivity index (χ0n) is 9.18. The van der Waals surface area contributed by atoms with Crippen molar-refractivity contribution in [1.82, 2.24) is 5.32 Å². The topological polar surface area (TPSA) is 67.5 Å². The highest BCUT2D eigenvalue weighted by Gasteiger charge is 1.98. The first kappa shape index (κ1) is 13.1. The van der Waals surface area contributed by atoms with Gasteiger partial charge in [-0.1, -0.05) is 39.0 Å². The third kappa shape index (κ3) is 5.70. The summed E-state index contributed by atoms with van der Waals surface area (Å²) in [4.78, 5) is 3.90. The second kappa shape index (κ2) is 8.69. The third-order valence-corrected chi connectivity index (χ3v) is 2.24. The summed E-state index contributed by atoms with van der Waals surface area (Å²) in [5.74, 6) is 0.220. The molecule has 1 aliphatic carbocycles. The van der Waals surface area contributed by atoms with Crippen LogP contribution in [0.4, 0.5) is 0 Å². The van der Waals surface area contributed by atoms with Gasteiger partial charge in [0, 0.05) is 7.05 Å². The highest BCUT2D eigenvalue weighted by atomic mass is 17.1. The smallest absolute Gasteiger partial charge is 0.248 e. The summed E-state index contributed by atoms with van der Waals surface area (Å²) in [5.41, 5.74) is 5.87. The lowest BCUT2D eigenvalue weighted by molar-refractivity contribution is -0.209. The lowest BCUT2D eigenvalue weighted by atomic mass is 10.4. The predicted molar refractivity (Wildman–Crippen MR) is 57.4 cm³/mol. The number of hydrogen-bond acceptors (Lipinski definition) is 4. The number of nitrogens with two attached hydrogens (primary N) is 1. The van der Waals surface area contributed by atoms with E-state index in [1.165, 1.54) is 32.1 Å². The Hall–Kier alpha value is -0.900. The van der Waals surface area contributed by atoms with E-state index in [2.05, 4.69) is 10.2 Å². The highest BCUT2D eigenvalue weighted by molar-refractivity contribution is 5.00. The van der Waals surface area contributed by atoms with Gasteiger partial charge in [-0.05, 0) is 6.42 Å². The van der Waals surface area contributed by atoms with Crippen LogP contribution in [0.15, 0.2) is 11.6 Å². The standard InChI is InChI=1S/C5H12N2O2.C5H10/c1-3-4(6)5(7-2)9-8;1-2-4-5-3-1/h7-8H,3,6H2,1-2H3;1-5H2/b5-4+;. The molecule has 4 heteroatoms. The van der Waals surface area contributed by atoms with Gasteiger partial charge in [-0.15, -0.1) is 0 Å². The van der Waals surface area contributed by atoms with Crippen molar-refractivity contribution >= 4 is 0 Å². The van der Waals surface area contributed by atoms with Crippen molar-refractivity contribution < 1.29 is 10.1 Å². The van der Waals surface area contributed by atoms with Gasteiger partial charge in [0.1, 0.15) is 0 Å². The van der Waals surface area contributed by atoms with E-state index < -0.39 is 0 Å². The Morgan fingerprint density at radius 1 is 1.29 bits per heavy atom. The molecular weight excluding hydrogens is 180 g/mol. The molecule has 0 aromatic heterocycles. The molecule has 0 aliphatic heterocycles. The minimum Gasteiger partial charge on any atom is -0.398 e. The fourth-order valence-electron chi connectivity index (χ4n) is 1.31. The van der Waals surface area contributed by atoms with Crippen molar-refractivity contribution in [3.63, 3.8) is 0 Å². The van der Waals surface area contributed by atoms with Gasteiger partial charge in [-0.3, -0.25) is 0 Å². The Bertz CT molecular complexity index is 152. The predicted octanol–water partition coefficient (Wildman–Crippen LogP) is 2.18. The van der Waals surface area contributed by atoms with Crippen LogP contribution >= 0.6 is 0 Å². The molecule has 0 unspecified atom stereocenters. The molecule has 0 radical (unpaired) electrons. The maximum Gasteiger partial charge on any atom is 0.248 e. The zero-order valence-corrected chi connectivity index (χ0v) is 9.18. The molecule has 0 aromatic carbocycles. The van der Waals surface area contributed by atoms with Crippen LogP contribution in [0.1, 0.15) is 45.4 Å². The van der Waals surface area contributed by atoms with E-state index in [9.17, 15) is 0 Å². The summed E-state index contributed by atoms with van der Waals surface area (Å²) in [6.07, 6.45) is 8.15. The average Bonchev–Trinajstić information content (AvgIpc) is 2.77. The van der Waals surface area contributed by atoms with Crippen molar-refractivity contribution in [1.29, 1.82) is 0 Å². The maximum absolute atomic E-state index is 8.13. The van der Waals surface area contributed by atoms with Crippen molar-refractivity contribution in [2.45, 2.75) is 45.4 Å². The summed E-state index contributed by atoms with van der Waals surface area (Å²) < 4.78 is 0. The number of nitrogens with one attached hydrogen (secondary N) is 1. The van der Waals surface area contributed by atoms with Gasteiger partial charge in [0.05, 0.1) is 5.70 Å². The summed E-state index contributed by atoms with van der Waals surface area (Å²) in [6.45, 7) is 1.87. The Morgan fingerprint density at radius 2 is 1.71 bits per heavy atom. The Morgan fingerprint density at radius 3 is 1.86 bits per heavy atom. The Kier molecular flexibility index (Phi) is 8.13. The van der Waals surface area contributed by atoms with Gasteiger partial charge in [0.2, 0.25) is 5.88 Å². The normalized spacial score (nSPS) is 16.5. The molecule has 14 heavy (non-hydrogen) atoms. The van der Waals surface area contributed by atoms with Gasteiger partial charge in [-0.2, -0.15) is 0 Å². The minimum atomic E-state index is 0.220. The number of allylic oxidation sites excluding steroid dienone is 1. The van der Waals surface area contributed by atoms with Gasteiger partial charge in [0.25, 0.3) is 0 Å². The first-order valence-corrected chi connectivity index (χ1v) is 5.24. The molecule has 0 heterocycles. The van der Waals surface area contributed by atoms with E-state index in [0.717, 1.165) is 0 Å². The van der Waals surface area contributed by atoms with Crippen molar-refractivity contribution in [2.75, 3.05) is 7.05 Å². The quantitative estimate of drug-likeness (QED) is 0.373. The lowest BCUT2D eigenvalue weighted by Gasteiger charge is -2.04. The summed E-state index contributed by atoms with van der Waals surface area (Å²) >= 11 is 0. The van der Waals surface area contributed by atoms with Crippen LogP contribution in [-0.2, 0) is 4.89 Å². The van der Waals surface area contributed by atoms with Crippen molar-refractivity contribution in [2.24, 2.45) is 5.73 Å². The van der Waals surface area contributed by atoms with Crippen LogP contribution in [0.3, 0.4) is 0 Å². The second-order valence-corrected chi connectivity index (χ2v) is 3.32. The Balaban J connectivity index is 0.000000280. The van der Waals surface area contributed by atoms with Crippen LogP contribution in [0.5, 0.6) is 0 Å². The molecule has 1 rings (SSSR count). The summed E-state index contributed by atoms with van der Waals surface area (Å²) in [6, 6.07) is 0. The molecule has 0 aromatic rings. The molecule has 0 bridgehead atoms. The van der Waals surface area contributed by atoms with Crippen LogP contribution in [0.2, 0.25) is 0 Å². The SMILES string of the molecule is C1CCCC1.CC/C(N)=C(/NC)OO. The largest absolute Gasteiger partial charge is 0.398 e. The average molecular weight is 202 g/mol. The van der Waals surface area contributed by atoms with Gasteiger partial charge in [-0.25, -0.2) is 5.26 Å². The fourth-order valence-corrected chi connectivity index (χ4v) is 1.31. The van der Waals surface area contributed by atoms with Crippen molar-refractivity contribution in [3.05, 3.63) is 11.6 Å². The molecule has 4 N–H and O–H groups in total. The summed E-state index contributed by atoms with van der Waals surface area (Å²) in [7, 11) is 1.62. The molecule has 0 atom stereocenters. The van der Waals surface area contributed by atoms with Crippen LogP contribution in [-0.4, -0.2) is 12.3 Å². The van der Waals surface area contributed by atoms with Crippen LogP contribution in [0.25, 0.3) is 0 Å². The number of hydrogen-bond donors (Lipinski definition) is 3. The lowest BCUT2D eigenvalue weighted by Crippen LogP contribution is -2.15. The Labute approximate surface area is 86.1 Å². The molecule has 1 fully saturated rings. The van der Waals surface area contributed by atoms with Gasteiger partial charge in [0.15, 0.2) is 0 Å².